The van der Waals surface area contributed by atoms with Crippen LogP contribution in [0.4, 0.5) is 14.4 Å². The Morgan fingerprint density at radius 3 is 2.00 bits per heavy atom. The van der Waals surface area contributed by atoms with Crippen molar-refractivity contribution in [2.45, 2.75) is 25.7 Å². The van der Waals surface area contributed by atoms with Crippen molar-refractivity contribution in [1.29, 1.82) is 0 Å². The number of nitrogens with one attached hydrogen (secondary N) is 4. The third-order valence-corrected chi connectivity index (χ3v) is 8.10. The monoisotopic (exact) mass is 647 g/mol. The predicted molar refractivity (Wildman–Crippen MR) is 142 cm³/mol. The lowest BCUT2D eigenvalue weighted by atomic mass is 10.1. The lowest BCUT2D eigenvalue weighted by Gasteiger charge is -2.10. The van der Waals surface area contributed by atoms with Crippen molar-refractivity contribution >= 4 is 56.8 Å². The van der Waals surface area contributed by atoms with Gasteiger partial charge < -0.3 is 23.5 Å². The van der Waals surface area contributed by atoms with Crippen molar-refractivity contribution in [1.82, 2.24) is 18.9 Å². The molecule has 1 fully saturated rings. The van der Waals surface area contributed by atoms with Crippen LogP contribution in [0.3, 0.4) is 0 Å². The summed E-state index contributed by atoms with van der Waals surface area (Å²) in [6.07, 6.45) is 0.0945. The standard InChI is InChI=1S/C19H31N5O12P2S2/c25-17(22-40(30,31)21-8-10-34-19(27)36-38-24-37)33-12-11-32-9-7-20-39(28,29)23-18(26)35-13-16-14-5-3-1-2-4-6-15(14)16/h14-16,20-21H,3-13,37H2,(H,22,25)(H,23,26)/t14-,15+,16-. The van der Waals surface area contributed by atoms with Gasteiger partial charge in [-0.2, -0.15) is 26.3 Å². The van der Waals surface area contributed by atoms with Crippen LogP contribution in [0.1, 0.15) is 25.7 Å². The molecule has 1 saturated carbocycles. The summed E-state index contributed by atoms with van der Waals surface area (Å²) in [6, 6.07) is 0. The van der Waals surface area contributed by atoms with E-state index in [9.17, 15) is 31.2 Å². The zero-order valence-corrected chi connectivity index (χ0v) is 24.9. The lowest BCUT2D eigenvalue weighted by molar-refractivity contribution is 0.0776. The second-order valence-corrected chi connectivity index (χ2v) is 12.4. The molecule has 0 radical (unpaired) electrons. The minimum atomic E-state index is -4.29. The van der Waals surface area contributed by atoms with E-state index in [2.05, 4.69) is 35.1 Å². The van der Waals surface area contributed by atoms with E-state index in [0.717, 1.165) is 25.7 Å². The Morgan fingerprint density at radius 1 is 0.825 bits per heavy atom. The van der Waals surface area contributed by atoms with Gasteiger partial charge in [0, 0.05) is 25.9 Å². The highest BCUT2D eigenvalue weighted by Gasteiger charge is 2.49. The van der Waals surface area contributed by atoms with Crippen molar-refractivity contribution in [2.24, 2.45) is 22.3 Å². The van der Waals surface area contributed by atoms with Crippen LogP contribution < -0.4 is 18.9 Å². The topological polar surface area (TPSA) is 226 Å². The van der Waals surface area contributed by atoms with Crippen LogP contribution in [0.15, 0.2) is 4.52 Å². The Bertz CT molecular complexity index is 1160. The second-order valence-electron chi connectivity index (χ2n) is 8.16. The lowest BCUT2D eigenvalue weighted by Crippen LogP contribution is -2.42. The summed E-state index contributed by atoms with van der Waals surface area (Å²) in [5, 5.41) is 0. The molecule has 0 spiro atoms. The van der Waals surface area contributed by atoms with Gasteiger partial charge in [-0.1, -0.05) is 0 Å². The fourth-order valence-corrected chi connectivity index (χ4v) is 5.46. The van der Waals surface area contributed by atoms with Crippen molar-refractivity contribution in [3.05, 3.63) is 0 Å². The first-order chi connectivity index (χ1) is 19.0. The number of fused-ring (bicyclic) bond motifs is 1. The molecule has 0 aliphatic heterocycles. The molecule has 226 valence electrons. The fraction of sp³-hybridized carbons (Fsp3) is 0.737. The third-order valence-electron chi connectivity index (χ3n) is 5.46. The Morgan fingerprint density at radius 2 is 1.40 bits per heavy atom. The Balaban J connectivity index is 1.48. The molecule has 0 aromatic heterocycles. The van der Waals surface area contributed by atoms with Crippen molar-refractivity contribution in [2.75, 3.05) is 46.1 Å². The highest BCUT2D eigenvalue weighted by Crippen LogP contribution is 2.52. The molecule has 2 aliphatic carbocycles. The van der Waals surface area contributed by atoms with Crippen LogP contribution in [-0.2, 0) is 43.9 Å². The Kier molecular flexibility index (Phi) is 14.8. The molecule has 40 heavy (non-hydrogen) atoms. The summed E-state index contributed by atoms with van der Waals surface area (Å²) in [7, 11) is -6.51. The SMILES string of the molecule is O=C(NS(=O)(=O)NCCOC(=O)O/P=N/P)OCCOCCNS(=O)(=O)NC(=O)OC[C@@H]1[C@@H]2CCC#CCC[C@@H]21. The van der Waals surface area contributed by atoms with Crippen molar-refractivity contribution in [3.8, 4) is 11.8 Å². The number of ether oxygens (including phenoxy) is 4. The van der Waals surface area contributed by atoms with Gasteiger partial charge >= 0.3 is 38.8 Å². The van der Waals surface area contributed by atoms with E-state index in [4.69, 9.17) is 9.47 Å². The number of hydrogen-bond donors (Lipinski definition) is 4. The van der Waals surface area contributed by atoms with Crippen molar-refractivity contribution < 1.29 is 54.7 Å². The number of nitrogens with zero attached hydrogens (tertiary/aromatic N) is 1. The number of hydrogen-bond acceptors (Lipinski definition) is 13. The average Bonchev–Trinajstić information content (AvgIpc) is 3.51. The zero-order valence-electron chi connectivity index (χ0n) is 21.2. The van der Waals surface area contributed by atoms with Gasteiger partial charge in [0.05, 0.1) is 19.8 Å². The number of amides is 2. The molecule has 0 heterocycles. The molecule has 2 rings (SSSR count). The van der Waals surface area contributed by atoms with E-state index in [-0.39, 0.29) is 60.6 Å². The normalized spacial score (nSPS) is 20.1. The first-order valence-electron chi connectivity index (χ1n) is 11.9. The minimum absolute atomic E-state index is 0.0113. The van der Waals surface area contributed by atoms with E-state index in [1.165, 1.54) is 0 Å². The number of carbonyl (C=O) groups is 3. The molecule has 21 heteroatoms. The fourth-order valence-electron chi connectivity index (χ4n) is 3.74. The van der Waals surface area contributed by atoms with Gasteiger partial charge in [0.1, 0.15) is 13.2 Å². The first-order valence-corrected chi connectivity index (χ1v) is 16.1. The van der Waals surface area contributed by atoms with Gasteiger partial charge in [0.2, 0.25) is 0 Å². The maximum atomic E-state index is 12.0. The maximum Gasteiger partial charge on any atom is 0.518 e. The third kappa shape index (κ3) is 14.4. The molecular weight excluding hydrogens is 616 g/mol. The van der Waals surface area contributed by atoms with E-state index >= 15 is 0 Å². The molecule has 0 saturated heterocycles. The highest BCUT2D eigenvalue weighted by atomic mass is 32.2. The minimum Gasteiger partial charge on any atom is -0.449 e. The Hall–Kier alpha value is -2.32. The van der Waals surface area contributed by atoms with E-state index in [0.29, 0.717) is 11.8 Å². The van der Waals surface area contributed by atoms with E-state index in [1.807, 2.05) is 14.1 Å². The molecule has 2 aliphatic rings. The summed E-state index contributed by atoms with van der Waals surface area (Å²) in [5.74, 6) is 7.31. The van der Waals surface area contributed by atoms with Gasteiger partial charge in [-0.15, -0.1) is 11.8 Å². The van der Waals surface area contributed by atoms with E-state index in [1.54, 1.807) is 9.44 Å². The largest absolute Gasteiger partial charge is 0.518 e. The quantitative estimate of drug-likeness (QED) is 0.0592. The van der Waals surface area contributed by atoms with Gasteiger partial charge in [0.25, 0.3) is 8.60 Å². The average molecular weight is 648 g/mol. The van der Waals surface area contributed by atoms with Gasteiger partial charge in [0.15, 0.2) is 0 Å². The summed E-state index contributed by atoms with van der Waals surface area (Å²) >= 11 is 0. The molecule has 17 nitrogen and oxygen atoms in total. The molecule has 0 aromatic rings. The predicted octanol–water partition coefficient (Wildman–Crippen LogP) is 0.552. The van der Waals surface area contributed by atoms with Crippen LogP contribution in [-0.4, -0.2) is 81.3 Å². The number of rotatable bonds is 16. The smallest absolute Gasteiger partial charge is 0.449 e. The van der Waals surface area contributed by atoms with Crippen LogP contribution in [0.2, 0.25) is 0 Å². The van der Waals surface area contributed by atoms with Crippen LogP contribution >= 0.6 is 18.0 Å². The molecule has 4 N–H and O–H groups in total. The first kappa shape index (κ1) is 33.9. The van der Waals surface area contributed by atoms with Gasteiger partial charge in [-0.25, -0.2) is 28.3 Å². The molecule has 0 bridgehead atoms. The molecular formula is C19H31N5O12P2S2. The zero-order chi connectivity index (χ0) is 29.4. The summed E-state index contributed by atoms with van der Waals surface area (Å²) in [5.41, 5.74) is 0. The van der Waals surface area contributed by atoms with Crippen LogP contribution in [0.5, 0.6) is 0 Å². The molecule has 4 atom stereocenters. The summed E-state index contributed by atoms with van der Waals surface area (Å²) in [4.78, 5) is 34.5. The molecule has 0 aromatic carbocycles. The molecule has 2 amide bonds. The van der Waals surface area contributed by atoms with E-state index < -0.39 is 38.8 Å². The number of carbonyl (C=O) groups excluding carboxylic acids is 3. The maximum absolute atomic E-state index is 12.0. The molecule has 1 unspecified atom stereocenters. The summed E-state index contributed by atoms with van der Waals surface area (Å²) in [6.45, 7) is -1.44. The van der Waals surface area contributed by atoms with Gasteiger partial charge in [-0.05, 0) is 40.0 Å². The van der Waals surface area contributed by atoms with Gasteiger partial charge in [-0.3, -0.25) is 0 Å². The second kappa shape index (κ2) is 17.5. The highest BCUT2D eigenvalue weighted by molar-refractivity contribution is 7.88. The van der Waals surface area contributed by atoms with Crippen LogP contribution in [0.25, 0.3) is 0 Å². The Labute approximate surface area is 236 Å². The van der Waals surface area contributed by atoms with Crippen molar-refractivity contribution in [3.63, 3.8) is 0 Å². The summed E-state index contributed by atoms with van der Waals surface area (Å²) < 4.78 is 81.8. The van der Waals surface area contributed by atoms with Crippen LogP contribution in [0, 0.1) is 29.6 Å².